The predicted molar refractivity (Wildman–Crippen MR) is 95.4 cm³/mol. The van der Waals surface area contributed by atoms with Crippen LogP contribution in [0.5, 0.6) is 0 Å². The number of hydrogen-bond donors (Lipinski definition) is 0. The lowest BCUT2D eigenvalue weighted by Gasteiger charge is -2.12. The van der Waals surface area contributed by atoms with E-state index in [-0.39, 0.29) is 23.1 Å². The van der Waals surface area contributed by atoms with Crippen molar-refractivity contribution in [2.24, 2.45) is 0 Å². The second-order valence-corrected chi connectivity index (χ2v) is 5.97. The molecule has 0 spiro atoms. The quantitative estimate of drug-likeness (QED) is 0.745. The summed E-state index contributed by atoms with van der Waals surface area (Å²) in [5.41, 5.74) is 2.94. The maximum Gasteiger partial charge on any atom is 0.160 e. The van der Waals surface area contributed by atoms with E-state index in [1.807, 2.05) is 0 Å². The molecule has 0 atom stereocenters. The van der Waals surface area contributed by atoms with Gasteiger partial charge in [-0.25, -0.2) is 0 Å². The fourth-order valence-corrected chi connectivity index (χ4v) is 2.61. The minimum absolute atomic E-state index is 0.117. The molecule has 0 N–H and O–H groups in total. The Labute approximate surface area is 146 Å². The average Bonchev–Trinajstić information content (AvgIpc) is 2.54. The Kier molecular flexibility index (Phi) is 5.42. The Balaban J connectivity index is 2.61. The summed E-state index contributed by atoms with van der Waals surface area (Å²) < 4.78 is 0. The zero-order valence-corrected chi connectivity index (χ0v) is 14.7. The van der Waals surface area contributed by atoms with E-state index in [0.717, 1.165) is 0 Å². The highest BCUT2D eigenvalue weighted by Gasteiger charge is 2.16. The summed E-state index contributed by atoms with van der Waals surface area (Å²) in [4.78, 5) is 47.1. The van der Waals surface area contributed by atoms with Crippen molar-refractivity contribution < 1.29 is 19.2 Å². The molecule has 0 saturated carbocycles. The van der Waals surface area contributed by atoms with Crippen LogP contribution in [0.3, 0.4) is 0 Å². The van der Waals surface area contributed by atoms with Gasteiger partial charge in [0.05, 0.1) is 0 Å². The number of rotatable bonds is 6. The standard InChI is InChI=1S/C21H19O4/c1-12(22)16-5-7-20(14(3)24)18(9-16)11-19-10-17(13(2)23)6-8-21(19)15(4)25/h5-11H,1-4H3. The Morgan fingerprint density at radius 2 is 0.960 bits per heavy atom. The first-order valence-corrected chi connectivity index (χ1v) is 7.87. The first-order valence-electron chi connectivity index (χ1n) is 7.87. The number of Topliss-reactive ketones (excluding diaryl/α,β-unsaturated/α-hetero) is 4. The van der Waals surface area contributed by atoms with Gasteiger partial charge in [-0.2, -0.15) is 0 Å². The van der Waals surface area contributed by atoms with Crippen LogP contribution in [0.2, 0.25) is 0 Å². The molecule has 0 fully saturated rings. The zero-order chi connectivity index (χ0) is 18.7. The molecule has 0 heterocycles. The Bertz CT molecular complexity index is 817. The normalized spacial score (nSPS) is 10.4. The fourth-order valence-electron chi connectivity index (χ4n) is 2.61. The summed E-state index contributed by atoms with van der Waals surface area (Å²) in [5, 5.41) is 0. The second kappa shape index (κ2) is 7.34. The van der Waals surface area contributed by atoms with Crippen LogP contribution < -0.4 is 0 Å². The van der Waals surface area contributed by atoms with E-state index in [2.05, 4.69) is 0 Å². The van der Waals surface area contributed by atoms with Gasteiger partial charge in [-0.1, -0.05) is 24.3 Å². The van der Waals surface area contributed by atoms with Crippen molar-refractivity contribution in [1.29, 1.82) is 0 Å². The van der Waals surface area contributed by atoms with Crippen LogP contribution in [0.15, 0.2) is 36.4 Å². The summed E-state index contributed by atoms with van der Waals surface area (Å²) in [6.07, 6.45) is 1.67. The molecule has 2 aromatic carbocycles. The lowest BCUT2D eigenvalue weighted by atomic mass is 9.90. The Morgan fingerprint density at radius 1 is 0.600 bits per heavy atom. The van der Waals surface area contributed by atoms with Gasteiger partial charge in [-0.3, -0.25) is 19.2 Å². The van der Waals surface area contributed by atoms with Gasteiger partial charge < -0.3 is 0 Å². The molecule has 0 bridgehead atoms. The topological polar surface area (TPSA) is 68.3 Å². The number of hydrogen-bond acceptors (Lipinski definition) is 4. The molecule has 0 aliphatic rings. The first-order chi connectivity index (χ1) is 11.7. The largest absolute Gasteiger partial charge is 0.295 e. The molecule has 1 radical (unpaired) electrons. The van der Waals surface area contributed by atoms with E-state index >= 15 is 0 Å². The van der Waals surface area contributed by atoms with Crippen molar-refractivity contribution in [2.45, 2.75) is 27.7 Å². The van der Waals surface area contributed by atoms with Gasteiger partial charge in [0, 0.05) is 28.7 Å². The van der Waals surface area contributed by atoms with Crippen LogP contribution in [0.25, 0.3) is 0 Å². The molecule has 127 valence electrons. The predicted octanol–water partition coefficient (Wildman–Crippen LogP) is 4.10. The highest BCUT2D eigenvalue weighted by atomic mass is 16.1. The molecule has 0 amide bonds. The van der Waals surface area contributed by atoms with Gasteiger partial charge in [0.2, 0.25) is 0 Å². The molecule has 0 aromatic heterocycles. The van der Waals surface area contributed by atoms with Crippen molar-refractivity contribution in [1.82, 2.24) is 0 Å². The maximum absolute atomic E-state index is 11.9. The van der Waals surface area contributed by atoms with Gasteiger partial charge in [0.25, 0.3) is 0 Å². The van der Waals surface area contributed by atoms with Crippen molar-refractivity contribution in [3.8, 4) is 0 Å². The highest BCUT2D eigenvalue weighted by molar-refractivity contribution is 6.01. The Hall–Kier alpha value is -2.88. The van der Waals surface area contributed by atoms with E-state index in [9.17, 15) is 19.2 Å². The van der Waals surface area contributed by atoms with E-state index in [4.69, 9.17) is 0 Å². The minimum Gasteiger partial charge on any atom is -0.295 e. The molecule has 4 nitrogen and oxygen atoms in total. The van der Waals surface area contributed by atoms with Crippen LogP contribution in [-0.4, -0.2) is 23.1 Å². The number of ketones is 4. The van der Waals surface area contributed by atoms with E-state index in [1.165, 1.54) is 27.7 Å². The van der Waals surface area contributed by atoms with Crippen molar-refractivity contribution in [3.63, 3.8) is 0 Å². The molecule has 0 saturated heterocycles. The lowest BCUT2D eigenvalue weighted by molar-refractivity contribution is 0.100. The number of carbonyl (C=O) groups is 4. The van der Waals surface area contributed by atoms with E-state index in [0.29, 0.717) is 33.4 Å². The minimum atomic E-state index is -0.145. The fraction of sp³-hybridized carbons (Fsp3) is 0.190. The lowest BCUT2D eigenvalue weighted by Crippen LogP contribution is -2.06. The number of benzene rings is 2. The summed E-state index contributed by atoms with van der Waals surface area (Å²) in [6, 6.07) is 9.68. The third kappa shape index (κ3) is 4.15. The third-order valence-corrected chi connectivity index (χ3v) is 3.99. The van der Waals surface area contributed by atoms with Crippen molar-refractivity contribution in [3.05, 3.63) is 76.2 Å². The molecule has 0 aliphatic heterocycles. The van der Waals surface area contributed by atoms with Gasteiger partial charge in [0.15, 0.2) is 23.1 Å². The number of carbonyl (C=O) groups excluding carboxylic acids is 4. The maximum atomic E-state index is 11.9. The Morgan fingerprint density at radius 3 is 1.24 bits per heavy atom. The van der Waals surface area contributed by atoms with Crippen molar-refractivity contribution in [2.75, 3.05) is 0 Å². The smallest absolute Gasteiger partial charge is 0.160 e. The zero-order valence-electron chi connectivity index (χ0n) is 14.7. The monoisotopic (exact) mass is 335 g/mol. The second-order valence-electron chi connectivity index (χ2n) is 5.97. The van der Waals surface area contributed by atoms with Crippen molar-refractivity contribution >= 4 is 23.1 Å². The summed E-state index contributed by atoms with van der Waals surface area (Å²) >= 11 is 0. The molecule has 25 heavy (non-hydrogen) atoms. The summed E-state index contributed by atoms with van der Waals surface area (Å²) in [6.45, 7) is 5.78. The van der Waals surface area contributed by atoms with Crippen LogP contribution in [0.4, 0.5) is 0 Å². The van der Waals surface area contributed by atoms with Crippen LogP contribution in [0, 0.1) is 6.42 Å². The average molecular weight is 335 g/mol. The molecule has 0 unspecified atom stereocenters. The molecule has 4 heteroatoms. The molecular weight excluding hydrogens is 316 g/mol. The van der Waals surface area contributed by atoms with Crippen LogP contribution in [0.1, 0.15) is 80.3 Å². The van der Waals surface area contributed by atoms with Gasteiger partial charge >= 0.3 is 0 Å². The summed E-state index contributed by atoms with van der Waals surface area (Å²) in [5.74, 6) is -0.523. The molecule has 2 rings (SSSR count). The molecule has 0 aliphatic carbocycles. The van der Waals surface area contributed by atoms with E-state index in [1.54, 1.807) is 42.8 Å². The first kappa shape index (κ1) is 18.5. The summed E-state index contributed by atoms with van der Waals surface area (Å²) in [7, 11) is 0. The highest BCUT2D eigenvalue weighted by Crippen LogP contribution is 2.23. The van der Waals surface area contributed by atoms with Gasteiger partial charge in [-0.05, 0) is 51.0 Å². The molecular formula is C21H19O4. The SMILES string of the molecule is CC(=O)c1ccc(C(C)=O)c([CH]c2cc(C(C)=O)ccc2C(C)=O)c1. The van der Waals surface area contributed by atoms with Crippen LogP contribution in [-0.2, 0) is 0 Å². The van der Waals surface area contributed by atoms with Crippen LogP contribution >= 0.6 is 0 Å². The van der Waals surface area contributed by atoms with Gasteiger partial charge in [-0.15, -0.1) is 0 Å². The third-order valence-electron chi connectivity index (χ3n) is 3.99. The van der Waals surface area contributed by atoms with E-state index < -0.39 is 0 Å². The van der Waals surface area contributed by atoms with Gasteiger partial charge in [0.1, 0.15) is 0 Å². The molecule has 2 aromatic rings.